The molecule has 1 fully saturated rings. The first-order valence-corrected chi connectivity index (χ1v) is 8.25. The van der Waals surface area contributed by atoms with E-state index in [9.17, 15) is 4.39 Å². The van der Waals surface area contributed by atoms with Gasteiger partial charge in [0.2, 0.25) is 0 Å². The Kier molecular flexibility index (Phi) is 3.98. The number of pyridine rings is 1. The number of ether oxygens (including phenoxy) is 1. The minimum absolute atomic E-state index is 0.364. The first-order valence-electron chi connectivity index (χ1n) is 8.25. The van der Waals surface area contributed by atoms with Crippen molar-refractivity contribution < 1.29 is 9.13 Å². The maximum absolute atomic E-state index is 13.8. The summed E-state index contributed by atoms with van der Waals surface area (Å²) in [7, 11) is 1.58. The molecule has 2 aliphatic rings. The summed E-state index contributed by atoms with van der Waals surface area (Å²) >= 11 is 0. The number of piperidine rings is 1. The molecule has 0 aliphatic carbocycles. The highest BCUT2D eigenvalue weighted by molar-refractivity contribution is 5.79. The fourth-order valence-corrected chi connectivity index (χ4v) is 3.34. The van der Waals surface area contributed by atoms with Gasteiger partial charge < -0.3 is 20.3 Å². The molecule has 0 bridgehead atoms. The van der Waals surface area contributed by atoms with E-state index in [1.54, 1.807) is 13.3 Å². The Morgan fingerprint density at radius 3 is 3.08 bits per heavy atom. The summed E-state index contributed by atoms with van der Waals surface area (Å²) in [6.45, 7) is 2.00. The Morgan fingerprint density at radius 1 is 1.29 bits per heavy atom. The lowest BCUT2D eigenvalue weighted by molar-refractivity contribution is 0.0232. The van der Waals surface area contributed by atoms with Crippen molar-refractivity contribution in [1.29, 1.82) is 0 Å². The Hall–Kier alpha value is -2.34. The Balaban J connectivity index is 1.58. The van der Waals surface area contributed by atoms with Crippen LogP contribution in [0.15, 0.2) is 36.5 Å². The lowest BCUT2D eigenvalue weighted by Crippen LogP contribution is -2.46. The van der Waals surface area contributed by atoms with E-state index >= 15 is 0 Å². The van der Waals surface area contributed by atoms with Gasteiger partial charge in [-0.1, -0.05) is 6.07 Å². The summed E-state index contributed by atoms with van der Waals surface area (Å²) in [5.41, 5.74) is 4.24. The molecule has 126 valence electrons. The number of aromatic nitrogens is 1. The second-order valence-electron chi connectivity index (χ2n) is 6.24. The van der Waals surface area contributed by atoms with Crippen LogP contribution in [0.1, 0.15) is 12.0 Å². The summed E-state index contributed by atoms with van der Waals surface area (Å²) in [6.07, 6.45) is 1.04. The van der Waals surface area contributed by atoms with Crippen molar-refractivity contribution >= 4 is 22.9 Å². The first-order chi connectivity index (χ1) is 11.7. The summed E-state index contributed by atoms with van der Waals surface area (Å²) in [6, 6.07) is 10.2. The second kappa shape index (κ2) is 6.28. The van der Waals surface area contributed by atoms with Gasteiger partial charge >= 0.3 is 0 Å². The molecule has 3 heterocycles. The van der Waals surface area contributed by atoms with Crippen molar-refractivity contribution in [1.82, 2.24) is 4.98 Å². The van der Waals surface area contributed by atoms with Crippen LogP contribution in [-0.4, -0.2) is 37.5 Å². The number of nitrogens with one attached hydrogen (secondary N) is 2. The molecule has 2 unspecified atom stereocenters. The molecule has 6 heteroatoms. The number of anilines is 4. The Morgan fingerprint density at radius 2 is 2.21 bits per heavy atom. The number of nitrogens with zero attached hydrogens (tertiary/aromatic N) is 2. The van der Waals surface area contributed by atoms with Gasteiger partial charge in [0.05, 0.1) is 11.4 Å². The zero-order valence-electron chi connectivity index (χ0n) is 13.6. The molecular formula is C18H21FN4O. The number of rotatable bonds is 2. The van der Waals surface area contributed by atoms with Crippen LogP contribution in [0.2, 0.25) is 0 Å². The van der Waals surface area contributed by atoms with Crippen molar-refractivity contribution in [2.24, 2.45) is 0 Å². The second-order valence-corrected chi connectivity index (χ2v) is 6.24. The molecule has 2 atom stereocenters. The predicted octanol–water partition coefficient (Wildman–Crippen LogP) is 3.31. The molecule has 1 aromatic carbocycles. The van der Waals surface area contributed by atoms with E-state index in [1.165, 1.54) is 0 Å². The summed E-state index contributed by atoms with van der Waals surface area (Å²) in [4.78, 5) is 6.58. The third-order valence-electron chi connectivity index (χ3n) is 4.76. The van der Waals surface area contributed by atoms with Crippen molar-refractivity contribution in [3.63, 3.8) is 0 Å². The zero-order valence-corrected chi connectivity index (χ0v) is 13.6. The molecule has 0 amide bonds. The molecule has 2 N–H and O–H groups in total. The van der Waals surface area contributed by atoms with E-state index in [0.717, 1.165) is 35.0 Å². The standard InChI is InChI=1S/C18H21FN4O/c1-24-17-11-23(8-6-14(17)19)13-4-5-15-16(9-13)21-10-12-3-2-7-20-18(12)22-15/h2-5,7,9,14,17,21H,6,8,10-11H2,1H3,(H,20,22). The smallest absolute Gasteiger partial charge is 0.135 e. The van der Waals surface area contributed by atoms with E-state index in [-0.39, 0.29) is 6.10 Å². The van der Waals surface area contributed by atoms with Crippen LogP contribution in [0.5, 0.6) is 0 Å². The topological polar surface area (TPSA) is 49.4 Å². The Labute approximate surface area is 140 Å². The monoisotopic (exact) mass is 328 g/mol. The third kappa shape index (κ3) is 2.78. The van der Waals surface area contributed by atoms with Crippen LogP contribution in [-0.2, 0) is 11.3 Å². The van der Waals surface area contributed by atoms with Crippen LogP contribution >= 0.6 is 0 Å². The molecule has 5 nitrogen and oxygen atoms in total. The van der Waals surface area contributed by atoms with Crippen LogP contribution in [0.25, 0.3) is 0 Å². The molecule has 0 spiro atoms. The zero-order chi connectivity index (χ0) is 16.5. The average Bonchev–Trinajstić information content (AvgIpc) is 2.80. The van der Waals surface area contributed by atoms with Gasteiger partial charge in [-0.3, -0.25) is 0 Å². The quantitative estimate of drug-likeness (QED) is 0.886. The summed E-state index contributed by atoms with van der Waals surface area (Å²) in [5.74, 6) is 0.884. The molecule has 2 aromatic rings. The predicted molar refractivity (Wildman–Crippen MR) is 93.8 cm³/mol. The highest BCUT2D eigenvalue weighted by atomic mass is 19.1. The van der Waals surface area contributed by atoms with Crippen LogP contribution in [0, 0.1) is 0 Å². The van der Waals surface area contributed by atoms with Gasteiger partial charge in [-0.05, 0) is 30.7 Å². The largest absolute Gasteiger partial charge is 0.379 e. The van der Waals surface area contributed by atoms with Gasteiger partial charge in [0.25, 0.3) is 0 Å². The summed E-state index contributed by atoms with van der Waals surface area (Å²) in [5, 5.41) is 6.84. The molecule has 1 aromatic heterocycles. The number of hydrogen-bond donors (Lipinski definition) is 2. The first kappa shape index (κ1) is 15.2. The number of alkyl halides is 1. The summed E-state index contributed by atoms with van der Waals surface area (Å²) < 4.78 is 19.1. The van der Waals surface area contributed by atoms with Gasteiger partial charge in [0.15, 0.2) is 0 Å². The molecule has 1 saturated heterocycles. The van der Waals surface area contributed by atoms with E-state index in [1.807, 2.05) is 12.1 Å². The number of fused-ring (bicyclic) bond motifs is 2. The van der Waals surface area contributed by atoms with Crippen LogP contribution in [0.3, 0.4) is 0 Å². The van der Waals surface area contributed by atoms with E-state index in [0.29, 0.717) is 19.5 Å². The van der Waals surface area contributed by atoms with Crippen LogP contribution in [0.4, 0.5) is 27.3 Å². The van der Waals surface area contributed by atoms with Crippen molar-refractivity contribution in [3.8, 4) is 0 Å². The third-order valence-corrected chi connectivity index (χ3v) is 4.76. The lowest BCUT2D eigenvalue weighted by atomic mass is 10.0. The van der Waals surface area contributed by atoms with E-state index in [4.69, 9.17) is 4.74 Å². The van der Waals surface area contributed by atoms with Gasteiger partial charge in [-0.25, -0.2) is 9.37 Å². The SMILES string of the molecule is COC1CN(c2ccc3c(c2)NCc2cccnc2N3)CCC1F. The molecule has 2 aliphatic heterocycles. The number of hydrogen-bond acceptors (Lipinski definition) is 5. The number of halogens is 1. The minimum atomic E-state index is -0.882. The normalized spacial score (nSPS) is 22.7. The highest BCUT2D eigenvalue weighted by Gasteiger charge is 2.29. The van der Waals surface area contributed by atoms with E-state index < -0.39 is 6.17 Å². The Bertz CT molecular complexity index is 739. The van der Waals surface area contributed by atoms with Crippen LogP contribution < -0.4 is 15.5 Å². The lowest BCUT2D eigenvalue weighted by Gasteiger charge is -2.36. The van der Waals surface area contributed by atoms with Crippen molar-refractivity contribution in [3.05, 3.63) is 42.1 Å². The maximum Gasteiger partial charge on any atom is 0.135 e. The highest BCUT2D eigenvalue weighted by Crippen LogP contribution is 2.34. The van der Waals surface area contributed by atoms with Gasteiger partial charge in [0.1, 0.15) is 18.1 Å². The molecular weight excluding hydrogens is 307 g/mol. The fraction of sp³-hybridized carbons (Fsp3) is 0.389. The van der Waals surface area contributed by atoms with E-state index in [2.05, 4.69) is 38.7 Å². The van der Waals surface area contributed by atoms with Gasteiger partial charge in [-0.15, -0.1) is 0 Å². The number of methoxy groups -OCH3 is 1. The van der Waals surface area contributed by atoms with Gasteiger partial charge in [0, 0.05) is 44.2 Å². The fourth-order valence-electron chi connectivity index (χ4n) is 3.34. The molecule has 24 heavy (non-hydrogen) atoms. The molecule has 4 rings (SSSR count). The maximum atomic E-state index is 13.8. The average molecular weight is 328 g/mol. The number of benzene rings is 1. The van der Waals surface area contributed by atoms with Crippen molar-refractivity contribution in [2.75, 3.05) is 35.7 Å². The van der Waals surface area contributed by atoms with Crippen molar-refractivity contribution in [2.45, 2.75) is 25.2 Å². The minimum Gasteiger partial charge on any atom is -0.379 e. The van der Waals surface area contributed by atoms with Gasteiger partial charge in [-0.2, -0.15) is 0 Å². The molecule has 0 radical (unpaired) electrons. The molecule has 0 saturated carbocycles.